The Hall–Kier alpha value is -2.87. The fourth-order valence-corrected chi connectivity index (χ4v) is 2.55. The molecule has 0 saturated heterocycles. The molecule has 0 radical (unpaired) electrons. The van der Waals surface area contributed by atoms with Crippen molar-refractivity contribution in [2.24, 2.45) is 4.99 Å². The molecule has 0 atom stereocenters. The molecule has 0 saturated carbocycles. The summed E-state index contributed by atoms with van der Waals surface area (Å²) in [7, 11) is 1.32. The van der Waals surface area contributed by atoms with Crippen LogP contribution in [-0.4, -0.2) is 40.4 Å². The third-order valence-electron chi connectivity index (χ3n) is 3.44. The summed E-state index contributed by atoms with van der Waals surface area (Å²) in [5.41, 5.74) is 4.63. The Kier molecular flexibility index (Phi) is 2.45. The van der Waals surface area contributed by atoms with E-state index in [9.17, 15) is 4.79 Å². The Morgan fingerprint density at radius 2 is 2.24 bits per heavy atom. The summed E-state index contributed by atoms with van der Waals surface area (Å²) in [5, 5.41) is 3.40. The molecule has 0 unspecified atom stereocenters. The third kappa shape index (κ3) is 1.62. The fraction of sp³-hybridized carbons (Fsp3) is 0.154. The first kappa shape index (κ1) is 11.9. The van der Waals surface area contributed by atoms with Gasteiger partial charge >= 0.3 is 6.09 Å². The van der Waals surface area contributed by atoms with Gasteiger partial charge < -0.3 is 4.74 Å². The number of hydrogen-bond acceptors (Lipinski definition) is 6. The first-order valence-corrected chi connectivity index (χ1v) is 6.38. The van der Waals surface area contributed by atoms with Crippen LogP contribution in [0.4, 0.5) is 10.6 Å². The highest BCUT2D eigenvalue weighted by Gasteiger charge is 2.36. The SMILES string of the molecule is COC(=O)NN1CN=C2c3ccccc3-n3cncc3N21. The maximum absolute atomic E-state index is 11.5. The molecule has 106 valence electrons. The van der Waals surface area contributed by atoms with Crippen LogP contribution >= 0.6 is 0 Å². The molecule has 8 heteroatoms. The second kappa shape index (κ2) is 4.32. The minimum Gasteiger partial charge on any atom is -0.452 e. The molecule has 1 N–H and O–H groups in total. The zero-order chi connectivity index (χ0) is 14.4. The van der Waals surface area contributed by atoms with Crippen LogP contribution < -0.4 is 10.4 Å². The number of carbonyl (C=O) groups is 1. The molecule has 3 heterocycles. The number of imidazole rings is 1. The van der Waals surface area contributed by atoms with Gasteiger partial charge in [0.25, 0.3) is 0 Å². The number of aromatic nitrogens is 2. The van der Waals surface area contributed by atoms with E-state index in [-0.39, 0.29) is 0 Å². The van der Waals surface area contributed by atoms with Gasteiger partial charge in [0.15, 0.2) is 11.7 Å². The number of hydrogen-bond donors (Lipinski definition) is 1. The number of amidine groups is 1. The number of carbonyl (C=O) groups excluding carboxylic acids is 1. The Morgan fingerprint density at radius 3 is 3.10 bits per heavy atom. The maximum Gasteiger partial charge on any atom is 0.423 e. The minimum atomic E-state index is -0.545. The van der Waals surface area contributed by atoms with E-state index in [1.165, 1.54) is 7.11 Å². The van der Waals surface area contributed by atoms with Gasteiger partial charge in [0, 0.05) is 5.56 Å². The maximum atomic E-state index is 11.5. The number of aliphatic imine (C=N–C) groups is 1. The largest absolute Gasteiger partial charge is 0.452 e. The van der Waals surface area contributed by atoms with E-state index in [1.807, 2.05) is 33.8 Å². The average Bonchev–Trinajstić information content (AvgIpc) is 3.14. The molecule has 4 rings (SSSR count). The van der Waals surface area contributed by atoms with Gasteiger partial charge in [-0.25, -0.2) is 25.2 Å². The molecule has 1 aromatic carbocycles. The Bertz CT molecular complexity index is 753. The van der Waals surface area contributed by atoms with Gasteiger partial charge in [0.05, 0.1) is 19.0 Å². The molecule has 2 aliphatic rings. The Labute approximate surface area is 120 Å². The highest BCUT2D eigenvalue weighted by atomic mass is 16.5. The van der Waals surface area contributed by atoms with Gasteiger partial charge in [0.1, 0.15) is 13.0 Å². The predicted molar refractivity (Wildman–Crippen MR) is 74.8 cm³/mol. The van der Waals surface area contributed by atoms with Gasteiger partial charge in [-0.15, -0.1) is 0 Å². The number of amides is 1. The van der Waals surface area contributed by atoms with Crippen molar-refractivity contribution < 1.29 is 9.53 Å². The summed E-state index contributed by atoms with van der Waals surface area (Å²) in [6, 6.07) is 7.93. The van der Waals surface area contributed by atoms with Crippen molar-refractivity contribution in [2.45, 2.75) is 0 Å². The minimum absolute atomic E-state index is 0.309. The topological polar surface area (TPSA) is 75.0 Å². The van der Waals surface area contributed by atoms with Crippen LogP contribution in [0.5, 0.6) is 0 Å². The number of anilines is 1. The van der Waals surface area contributed by atoms with Crippen molar-refractivity contribution >= 4 is 17.7 Å². The molecule has 21 heavy (non-hydrogen) atoms. The molecule has 0 spiro atoms. The van der Waals surface area contributed by atoms with Crippen molar-refractivity contribution in [3.8, 4) is 5.69 Å². The van der Waals surface area contributed by atoms with Gasteiger partial charge in [-0.3, -0.25) is 4.57 Å². The second-order valence-corrected chi connectivity index (χ2v) is 4.58. The van der Waals surface area contributed by atoms with Crippen LogP contribution in [-0.2, 0) is 4.74 Å². The Balaban J connectivity index is 1.82. The Morgan fingerprint density at radius 1 is 1.38 bits per heavy atom. The molecular formula is C13H12N6O2. The van der Waals surface area contributed by atoms with Crippen LogP contribution in [0.15, 0.2) is 41.8 Å². The lowest BCUT2D eigenvalue weighted by atomic mass is 10.1. The second-order valence-electron chi connectivity index (χ2n) is 4.58. The van der Waals surface area contributed by atoms with Crippen molar-refractivity contribution in [1.29, 1.82) is 0 Å². The number of fused-ring (bicyclic) bond motifs is 6. The van der Waals surface area contributed by atoms with E-state index < -0.39 is 6.09 Å². The highest BCUT2D eigenvalue weighted by molar-refractivity contribution is 6.14. The monoisotopic (exact) mass is 284 g/mol. The van der Waals surface area contributed by atoms with Crippen molar-refractivity contribution in [3.63, 3.8) is 0 Å². The van der Waals surface area contributed by atoms with Crippen LogP contribution in [0.2, 0.25) is 0 Å². The van der Waals surface area contributed by atoms with Crippen LogP contribution in [0, 0.1) is 0 Å². The van der Waals surface area contributed by atoms with Gasteiger partial charge in [-0.1, -0.05) is 17.3 Å². The molecule has 0 aliphatic carbocycles. The average molecular weight is 284 g/mol. The standard InChI is InChI=1S/C13H12N6O2/c1-21-13(20)16-18-8-15-12-9-4-2-3-5-10(9)17-7-14-6-11(17)19(12)18/h2-7H,8H2,1H3,(H,16,20). The molecule has 0 bridgehead atoms. The van der Waals surface area contributed by atoms with E-state index in [1.54, 1.807) is 17.6 Å². The quantitative estimate of drug-likeness (QED) is 0.842. The van der Waals surface area contributed by atoms with E-state index in [2.05, 4.69) is 20.1 Å². The fourth-order valence-electron chi connectivity index (χ4n) is 2.55. The van der Waals surface area contributed by atoms with E-state index in [0.717, 1.165) is 22.9 Å². The normalized spacial score (nSPS) is 15.9. The van der Waals surface area contributed by atoms with Crippen LogP contribution in [0.3, 0.4) is 0 Å². The van der Waals surface area contributed by atoms with Crippen LogP contribution in [0.1, 0.15) is 5.56 Å². The highest BCUT2D eigenvalue weighted by Crippen LogP contribution is 2.33. The molecule has 1 amide bonds. The van der Waals surface area contributed by atoms with Gasteiger partial charge in [-0.2, -0.15) is 0 Å². The summed E-state index contributed by atoms with van der Waals surface area (Å²) in [6.07, 6.45) is 2.92. The molecule has 2 aliphatic heterocycles. The molecular weight excluding hydrogens is 272 g/mol. The summed E-state index contributed by atoms with van der Waals surface area (Å²) in [4.78, 5) is 20.2. The van der Waals surface area contributed by atoms with Crippen molar-refractivity contribution in [1.82, 2.24) is 20.1 Å². The first-order chi connectivity index (χ1) is 10.3. The van der Waals surface area contributed by atoms with Gasteiger partial charge in [-0.05, 0) is 12.1 Å². The number of methoxy groups -OCH3 is 1. The predicted octanol–water partition coefficient (Wildman–Crippen LogP) is 0.898. The number of para-hydroxylation sites is 1. The smallest absolute Gasteiger partial charge is 0.423 e. The van der Waals surface area contributed by atoms with E-state index in [0.29, 0.717) is 6.67 Å². The molecule has 2 aromatic rings. The van der Waals surface area contributed by atoms with E-state index in [4.69, 9.17) is 0 Å². The van der Waals surface area contributed by atoms with E-state index >= 15 is 0 Å². The molecule has 1 aromatic heterocycles. The summed E-state index contributed by atoms with van der Waals surface area (Å²) < 4.78 is 6.59. The van der Waals surface area contributed by atoms with Crippen molar-refractivity contribution in [3.05, 3.63) is 42.4 Å². The third-order valence-corrected chi connectivity index (χ3v) is 3.44. The number of nitrogens with zero attached hydrogens (tertiary/aromatic N) is 5. The number of rotatable bonds is 1. The lowest BCUT2D eigenvalue weighted by Gasteiger charge is -2.33. The van der Waals surface area contributed by atoms with Gasteiger partial charge in [0.2, 0.25) is 0 Å². The number of hydrazine groups is 2. The molecule has 8 nitrogen and oxygen atoms in total. The lowest BCUT2D eigenvalue weighted by molar-refractivity contribution is 0.129. The van der Waals surface area contributed by atoms with Crippen LogP contribution in [0.25, 0.3) is 5.69 Å². The number of ether oxygens (including phenoxy) is 1. The summed E-state index contributed by atoms with van der Waals surface area (Å²) in [5.74, 6) is 1.58. The number of nitrogens with one attached hydrogen (secondary N) is 1. The first-order valence-electron chi connectivity index (χ1n) is 6.38. The lowest BCUT2D eigenvalue weighted by Crippen LogP contribution is -2.53. The zero-order valence-electron chi connectivity index (χ0n) is 11.2. The summed E-state index contributed by atoms with van der Waals surface area (Å²) in [6.45, 7) is 0.309. The summed E-state index contributed by atoms with van der Waals surface area (Å²) >= 11 is 0. The van der Waals surface area contributed by atoms with Crippen molar-refractivity contribution in [2.75, 3.05) is 18.8 Å². The zero-order valence-corrected chi connectivity index (χ0v) is 11.2. The number of benzene rings is 1. The molecule has 0 fully saturated rings.